The zero-order valence-corrected chi connectivity index (χ0v) is 16.9. The molecule has 0 unspecified atom stereocenters. The first-order chi connectivity index (χ1) is 13.9. The number of nitrogens with zero attached hydrogens (tertiary/aromatic N) is 2. The average Bonchev–Trinajstić information content (AvgIpc) is 3.29. The zero-order chi connectivity index (χ0) is 20.7. The Labute approximate surface area is 167 Å². The minimum atomic E-state index is -0.404. The van der Waals surface area contributed by atoms with E-state index in [4.69, 9.17) is 13.8 Å². The normalized spacial score (nSPS) is 11.1. The smallest absolute Gasteiger partial charge is 0.292 e. The summed E-state index contributed by atoms with van der Waals surface area (Å²) >= 11 is 0. The number of hydrogen-bond acceptors (Lipinski definition) is 6. The van der Waals surface area contributed by atoms with E-state index in [0.29, 0.717) is 5.69 Å². The predicted octanol–water partition coefficient (Wildman–Crippen LogP) is 4.98. The van der Waals surface area contributed by atoms with Crippen molar-refractivity contribution in [3.63, 3.8) is 0 Å². The SMILES string of the molecule is COc1ccc(-c2nonc2NC(=O)c2oc3c(C)c(C)ccc3c2C)c(C)c1. The van der Waals surface area contributed by atoms with Crippen molar-refractivity contribution < 1.29 is 18.6 Å². The molecule has 0 spiro atoms. The number of ether oxygens (including phenoxy) is 1. The number of carbonyl (C=O) groups is 1. The monoisotopic (exact) mass is 391 g/mol. The van der Waals surface area contributed by atoms with Crippen molar-refractivity contribution >= 4 is 22.7 Å². The highest BCUT2D eigenvalue weighted by atomic mass is 16.6. The van der Waals surface area contributed by atoms with Crippen LogP contribution in [0.25, 0.3) is 22.2 Å². The van der Waals surface area contributed by atoms with E-state index in [9.17, 15) is 4.79 Å². The van der Waals surface area contributed by atoms with Gasteiger partial charge in [0.25, 0.3) is 5.91 Å². The number of benzene rings is 2. The molecule has 2 aromatic heterocycles. The molecule has 7 heteroatoms. The lowest BCUT2D eigenvalue weighted by atomic mass is 10.0. The molecule has 4 aromatic rings. The molecule has 7 nitrogen and oxygen atoms in total. The number of aryl methyl sites for hydroxylation is 4. The summed E-state index contributed by atoms with van der Waals surface area (Å²) in [6.45, 7) is 7.78. The molecule has 1 amide bonds. The molecule has 2 aromatic carbocycles. The Kier molecular flexibility index (Phi) is 4.58. The highest BCUT2D eigenvalue weighted by Gasteiger charge is 2.23. The first kappa shape index (κ1) is 18.7. The molecule has 0 fully saturated rings. The van der Waals surface area contributed by atoms with Gasteiger partial charge in [0.2, 0.25) is 5.82 Å². The largest absolute Gasteiger partial charge is 0.497 e. The Morgan fingerprint density at radius 1 is 1.00 bits per heavy atom. The lowest BCUT2D eigenvalue weighted by Gasteiger charge is -2.07. The molecule has 2 heterocycles. The summed E-state index contributed by atoms with van der Waals surface area (Å²) in [6, 6.07) is 9.54. The van der Waals surface area contributed by atoms with Gasteiger partial charge in [0.1, 0.15) is 11.3 Å². The van der Waals surface area contributed by atoms with E-state index < -0.39 is 5.91 Å². The molecule has 0 atom stereocenters. The van der Waals surface area contributed by atoms with E-state index >= 15 is 0 Å². The second-order valence-corrected chi connectivity index (χ2v) is 7.04. The van der Waals surface area contributed by atoms with Gasteiger partial charge in [-0.2, -0.15) is 0 Å². The fourth-order valence-electron chi connectivity index (χ4n) is 3.37. The van der Waals surface area contributed by atoms with E-state index in [1.54, 1.807) is 7.11 Å². The van der Waals surface area contributed by atoms with Gasteiger partial charge in [-0.05, 0) is 72.9 Å². The van der Waals surface area contributed by atoms with Crippen LogP contribution in [-0.2, 0) is 0 Å². The summed E-state index contributed by atoms with van der Waals surface area (Å²) in [6.07, 6.45) is 0. The molecular weight excluding hydrogens is 370 g/mol. The molecule has 0 aliphatic rings. The van der Waals surface area contributed by atoms with Crippen LogP contribution in [0.5, 0.6) is 5.75 Å². The van der Waals surface area contributed by atoms with Crippen LogP contribution in [0, 0.1) is 27.7 Å². The minimum absolute atomic E-state index is 0.232. The number of amides is 1. The first-order valence-corrected chi connectivity index (χ1v) is 9.19. The van der Waals surface area contributed by atoms with Gasteiger partial charge < -0.3 is 9.15 Å². The van der Waals surface area contributed by atoms with Crippen LogP contribution in [0.2, 0.25) is 0 Å². The van der Waals surface area contributed by atoms with Gasteiger partial charge in [-0.1, -0.05) is 12.1 Å². The first-order valence-electron chi connectivity index (χ1n) is 9.19. The topological polar surface area (TPSA) is 90.4 Å². The van der Waals surface area contributed by atoms with Crippen molar-refractivity contribution in [2.75, 3.05) is 12.4 Å². The fraction of sp³-hybridized carbons (Fsp3) is 0.227. The number of aromatic nitrogens is 2. The van der Waals surface area contributed by atoms with Gasteiger partial charge in [-0.15, -0.1) is 0 Å². The van der Waals surface area contributed by atoms with Crippen LogP contribution in [0.1, 0.15) is 32.8 Å². The molecule has 148 valence electrons. The molecule has 1 N–H and O–H groups in total. The van der Waals surface area contributed by atoms with Gasteiger partial charge >= 0.3 is 0 Å². The minimum Gasteiger partial charge on any atom is -0.497 e. The maximum Gasteiger partial charge on any atom is 0.292 e. The Morgan fingerprint density at radius 2 is 1.79 bits per heavy atom. The molecule has 0 saturated heterocycles. The molecule has 4 rings (SSSR count). The maximum absolute atomic E-state index is 12.9. The number of carbonyl (C=O) groups excluding carboxylic acids is 1. The third-order valence-electron chi connectivity index (χ3n) is 5.24. The average molecular weight is 391 g/mol. The van der Waals surface area contributed by atoms with Crippen LogP contribution in [0.3, 0.4) is 0 Å². The number of fused-ring (bicyclic) bond motifs is 1. The summed E-state index contributed by atoms with van der Waals surface area (Å²) in [4.78, 5) is 12.9. The molecule has 0 radical (unpaired) electrons. The van der Waals surface area contributed by atoms with Crippen LogP contribution < -0.4 is 10.1 Å². The number of furan rings is 1. The summed E-state index contributed by atoms with van der Waals surface area (Å²) in [5.74, 6) is 0.806. The van der Waals surface area contributed by atoms with Crippen molar-refractivity contribution in [3.05, 3.63) is 58.3 Å². The molecule has 29 heavy (non-hydrogen) atoms. The quantitative estimate of drug-likeness (QED) is 0.528. The van der Waals surface area contributed by atoms with Crippen molar-refractivity contribution in [1.82, 2.24) is 10.3 Å². The lowest BCUT2D eigenvalue weighted by molar-refractivity contribution is 0.0997. The van der Waals surface area contributed by atoms with Crippen LogP contribution in [0.15, 0.2) is 39.4 Å². The van der Waals surface area contributed by atoms with Crippen LogP contribution >= 0.6 is 0 Å². The van der Waals surface area contributed by atoms with Gasteiger partial charge in [0, 0.05) is 16.5 Å². The number of nitrogens with one attached hydrogen (secondary N) is 1. The maximum atomic E-state index is 12.9. The second-order valence-electron chi connectivity index (χ2n) is 7.04. The molecule has 0 aliphatic carbocycles. The van der Waals surface area contributed by atoms with Crippen molar-refractivity contribution in [2.24, 2.45) is 0 Å². The fourth-order valence-corrected chi connectivity index (χ4v) is 3.37. The number of hydrogen-bond donors (Lipinski definition) is 1. The number of rotatable bonds is 4. The highest BCUT2D eigenvalue weighted by Crippen LogP contribution is 2.32. The molecular formula is C22H21N3O4. The van der Waals surface area contributed by atoms with E-state index in [1.165, 1.54) is 0 Å². The second kappa shape index (κ2) is 7.09. The molecule has 0 aliphatic heterocycles. The summed E-state index contributed by atoms with van der Waals surface area (Å²) in [5, 5.41) is 11.5. The highest BCUT2D eigenvalue weighted by molar-refractivity contribution is 6.07. The van der Waals surface area contributed by atoms with Gasteiger partial charge in [0.05, 0.1) is 7.11 Å². The Morgan fingerprint density at radius 3 is 2.52 bits per heavy atom. The van der Waals surface area contributed by atoms with Gasteiger partial charge in [-0.3, -0.25) is 10.1 Å². The van der Waals surface area contributed by atoms with Crippen LogP contribution in [-0.4, -0.2) is 23.3 Å². The Hall–Kier alpha value is -3.61. The third kappa shape index (κ3) is 3.14. The Bertz CT molecular complexity index is 1240. The number of methoxy groups -OCH3 is 1. The summed E-state index contributed by atoms with van der Waals surface area (Å²) < 4.78 is 16.0. The van der Waals surface area contributed by atoms with E-state index in [-0.39, 0.29) is 11.6 Å². The van der Waals surface area contributed by atoms with Crippen molar-refractivity contribution in [3.8, 4) is 17.0 Å². The zero-order valence-electron chi connectivity index (χ0n) is 16.9. The molecule has 0 saturated carbocycles. The summed E-state index contributed by atoms with van der Waals surface area (Å²) in [5.41, 5.74) is 5.77. The third-order valence-corrected chi connectivity index (χ3v) is 5.24. The van der Waals surface area contributed by atoms with E-state index in [0.717, 1.165) is 44.5 Å². The lowest BCUT2D eigenvalue weighted by Crippen LogP contribution is -2.13. The number of anilines is 1. The van der Waals surface area contributed by atoms with Crippen molar-refractivity contribution in [1.29, 1.82) is 0 Å². The molecule has 0 bridgehead atoms. The van der Waals surface area contributed by atoms with Crippen molar-refractivity contribution in [2.45, 2.75) is 27.7 Å². The van der Waals surface area contributed by atoms with E-state index in [2.05, 4.69) is 15.6 Å². The standard InChI is InChI=1S/C22H21N3O4/c1-11-6-8-17-14(4)20(28-19(17)13(11)3)22(26)23-21-18(24-29-25-21)16-9-7-15(27-5)10-12(16)2/h6-10H,1-5H3,(H,23,25,26). The van der Waals surface area contributed by atoms with Crippen LogP contribution in [0.4, 0.5) is 5.82 Å². The van der Waals surface area contributed by atoms with Gasteiger partial charge in [0.15, 0.2) is 11.5 Å². The predicted molar refractivity (Wildman–Crippen MR) is 109 cm³/mol. The Balaban J connectivity index is 1.69. The van der Waals surface area contributed by atoms with Gasteiger partial charge in [-0.25, -0.2) is 4.63 Å². The van der Waals surface area contributed by atoms with E-state index in [1.807, 2.05) is 58.0 Å². The summed E-state index contributed by atoms with van der Waals surface area (Å²) in [7, 11) is 1.61.